The molecule has 0 fully saturated rings. The summed E-state index contributed by atoms with van der Waals surface area (Å²) in [5.74, 6) is 0.0414. The summed E-state index contributed by atoms with van der Waals surface area (Å²) in [4.78, 5) is 19.0. The number of anilines is 1. The number of hydrogen-bond donors (Lipinski definition) is 2. The number of aromatic nitrogens is 4. The number of H-pyrrole nitrogens is 1. The van der Waals surface area contributed by atoms with Crippen molar-refractivity contribution >= 4 is 23.3 Å². The van der Waals surface area contributed by atoms with Gasteiger partial charge in [-0.2, -0.15) is 5.10 Å². The Labute approximate surface area is 89.7 Å². The zero-order chi connectivity index (χ0) is 10.7. The van der Waals surface area contributed by atoms with Gasteiger partial charge in [0.1, 0.15) is 5.82 Å². The Morgan fingerprint density at radius 1 is 1.53 bits per heavy atom. The fourth-order valence-electron chi connectivity index (χ4n) is 0.968. The maximum Gasteiger partial charge on any atom is 0.259 e. The number of aromatic amines is 1. The molecule has 2 N–H and O–H groups in total. The second-order valence-electron chi connectivity index (χ2n) is 2.65. The van der Waals surface area contributed by atoms with Crippen LogP contribution in [0.15, 0.2) is 24.7 Å². The Morgan fingerprint density at radius 3 is 3.07 bits per heavy atom. The van der Waals surface area contributed by atoms with Gasteiger partial charge in [0, 0.05) is 12.4 Å². The van der Waals surface area contributed by atoms with Gasteiger partial charge in [-0.1, -0.05) is 0 Å². The van der Waals surface area contributed by atoms with Crippen molar-refractivity contribution in [3.63, 3.8) is 0 Å². The van der Waals surface area contributed by atoms with Gasteiger partial charge in [0.05, 0.1) is 11.8 Å². The lowest BCUT2D eigenvalue weighted by Crippen LogP contribution is -2.12. The minimum atomic E-state index is -0.307. The van der Waals surface area contributed by atoms with Gasteiger partial charge in [-0.15, -0.1) is 0 Å². The van der Waals surface area contributed by atoms with Crippen LogP contribution in [0, 0.1) is 0 Å². The Balaban J connectivity index is 2.13. The van der Waals surface area contributed by atoms with E-state index < -0.39 is 0 Å². The van der Waals surface area contributed by atoms with E-state index in [4.69, 9.17) is 11.6 Å². The predicted octanol–water partition coefficient (Wildman–Crippen LogP) is 1.11. The molecule has 1 amide bonds. The van der Waals surface area contributed by atoms with Gasteiger partial charge in [0.15, 0.2) is 0 Å². The Kier molecular flexibility index (Phi) is 2.59. The number of carbonyl (C=O) groups excluding carboxylic acids is 1. The Hall–Kier alpha value is -1.95. The summed E-state index contributed by atoms with van der Waals surface area (Å²) in [5.41, 5.74) is 0.421. The van der Waals surface area contributed by atoms with E-state index in [-0.39, 0.29) is 11.2 Å². The van der Waals surface area contributed by atoms with Crippen molar-refractivity contribution in [2.45, 2.75) is 0 Å². The number of amides is 1. The van der Waals surface area contributed by atoms with Gasteiger partial charge >= 0.3 is 0 Å². The smallest absolute Gasteiger partial charge is 0.259 e. The number of halogens is 1. The van der Waals surface area contributed by atoms with Gasteiger partial charge in [-0.25, -0.2) is 9.97 Å². The second-order valence-corrected chi connectivity index (χ2v) is 2.99. The molecule has 0 spiro atoms. The summed E-state index contributed by atoms with van der Waals surface area (Å²) in [5, 5.41) is 8.83. The molecule has 0 aliphatic heterocycles. The maximum absolute atomic E-state index is 11.5. The molecule has 6 nitrogen and oxygen atoms in total. The molecule has 7 heteroatoms. The Bertz CT molecular complexity index is 470. The minimum absolute atomic E-state index is 0.0833. The highest BCUT2D eigenvalue weighted by molar-refractivity contribution is 6.28. The molecule has 0 radical (unpaired) electrons. The molecule has 2 rings (SSSR count). The zero-order valence-corrected chi connectivity index (χ0v) is 8.19. The standard InChI is InChI=1S/C8H6ClN5O/c9-8-10-2-1-6(14-8)13-7(15)5-3-11-12-4-5/h1-4H,(H,11,12)(H,10,13,14,15). The molecule has 0 aliphatic carbocycles. The quantitative estimate of drug-likeness (QED) is 0.747. The van der Waals surface area contributed by atoms with Crippen molar-refractivity contribution in [2.24, 2.45) is 0 Å². The number of hydrogen-bond acceptors (Lipinski definition) is 4. The van der Waals surface area contributed by atoms with Crippen LogP contribution in [0.5, 0.6) is 0 Å². The molecule has 0 aliphatic rings. The Morgan fingerprint density at radius 2 is 2.40 bits per heavy atom. The van der Waals surface area contributed by atoms with Crippen LogP contribution in [-0.2, 0) is 0 Å². The predicted molar refractivity (Wildman–Crippen MR) is 53.6 cm³/mol. The van der Waals surface area contributed by atoms with Gasteiger partial charge in [0.2, 0.25) is 5.28 Å². The van der Waals surface area contributed by atoms with Crippen LogP contribution in [-0.4, -0.2) is 26.1 Å². The molecular formula is C8H6ClN5O. The number of nitrogens with zero attached hydrogens (tertiary/aromatic N) is 3. The monoisotopic (exact) mass is 223 g/mol. The maximum atomic E-state index is 11.5. The molecule has 2 aromatic rings. The second kappa shape index (κ2) is 4.05. The molecule has 0 saturated carbocycles. The van der Waals surface area contributed by atoms with Crippen LogP contribution in [0.2, 0.25) is 5.28 Å². The normalized spacial score (nSPS) is 9.93. The topological polar surface area (TPSA) is 83.6 Å². The summed E-state index contributed by atoms with van der Waals surface area (Å²) >= 11 is 5.56. The lowest BCUT2D eigenvalue weighted by Gasteiger charge is -2.01. The van der Waals surface area contributed by atoms with Gasteiger partial charge in [0.25, 0.3) is 5.91 Å². The summed E-state index contributed by atoms with van der Waals surface area (Å²) < 4.78 is 0. The van der Waals surface area contributed by atoms with Gasteiger partial charge in [-0.3, -0.25) is 9.89 Å². The van der Waals surface area contributed by atoms with Gasteiger partial charge in [-0.05, 0) is 17.7 Å². The minimum Gasteiger partial charge on any atom is -0.306 e. The van der Waals surface area contributed by atoms with E-state index in [2.05, 4.69) is 25.5 Å². The van der Waals surface area contributed by atoms with E-state index in [1.54, 1.807) is 6.07 Å². The third kappa shape index (κ3) is 2.29. The highest BCUT2D eigenvalue weighted by atomic mass is 35.5. The van der Waals surface area contributed by atoms with Crippen LogP contribution in [0.25, 0.3) is 0 Å². The average Bonchev–Trinajstić information content (AvgIpc) is 2.70. The lowest BCUT2D eigenvalue weighted by molar-refractivity contribution is 0.102. The summed E-state index contributed by atoms with van der Waals surface area (Å²) in [6, 6.07) is 1.55. The summed E-state index contributed by atoms with van der Waals surface area (Å²) in [6.07, 6.45) is 4.36. The van der Waals surface area contributed by atoms with E-state index in [0.29, 0.717) is 11.4 Å². The lowest BCUT2D eigenvalue weighted by atomic mass is 10.3. The van der Waals surface area contributed by atoms with E-state index in [1.807, 2.05) is 0 Å². The first kappa shape index (κ1) is 9.60. The fraction of sp³-hybridized carbons (Fsp3) is 0. The highest BCUT2D eigenvalue weighted by Gasteiger charge is 2.07. The highest BCUT2D eigenvalue weighted by Crippen LogP contribution is 2.07. The van der Waals surface area contributed by atoms with E-state index >= 15 is 0 Å². The first-order valence-electron chi connectivity index (χ1n) is 4.04. The van der Waals surface area contributed by atoms with Crippen LogP contribution in [0.4, 0.5) is 5.82 Å². The van der Waals surface area contributed by atoms with Crippen molar-refractivity contribution in [1.29, 1.82) is 0 Å². The average molecular weight is 224 g/mol. The molecule has 76 valence electrons. The zero-order valence-electron chi connectivity index (χ0n) is 7.44. The molecule has 2 heterocycles. The molecule has 0 aromatic carbocycles. The molecule has 0 saturated heterocycles. The largest absolute Gasteiger partial charge is 0.306 e. The SMILES string of the molecule is O=C(Nc1ccnc(Cl)n1)c1cn[nH]c1. The van der Waals surface area contributed by atoms with E-state index in [1.165, 1.54) is 18.6 Å². The molecule has 2 aromatic heterocycles. The fourth-order valence-corrected chi connectivity index (χ4v) is 1.12. The molecule has 15 heavy (non-hydrogen) atoms. The van der Waals surface area contributed by atoms with Crippen molar-refractivity contribution in [3.05, 3.63) is 35.5 Å². The van der Waals surface area contributed by atoms with E-state index in [0.717, 1.165) is 0 Å². The van der Waals surface area contributed by atoms with Crippen molar-refractivity contribution < 1.29 is 4.79 Å². The summed E-state index contributed by atoms with van der Waals surface area (Å²) in [6.45, 7) is 0. The third-order valence-electron chi connectivity index (χ3n) is 1.63. The van der Waals surface area contributed by atoms with Crippen LogP contribution < -0.4 is 5.32 Å². The number of nitrogens with one attached hydrogen (secondary N) is 2. The number of carbonyl (C=O) groups is 1. The van der Waals surface area contributed by atoms with Gasteiger partial charge < -0.3 is 5.32 Å². The van der Waals surface area contributed by atoms with Crippen molar-refractivity contribution in [3.8, 4) is 0 Å². The summed E-state index contributed by atoms with van der Waals surface area (Å²) in [7, 11) is 0. The molecular weight excluding hydrogens is 218 g/mol. The van der Waals surface area contributed by atoms with E-state index in [9.17, 15) is 4.79 Å². The van der Waals surface area contributed by atoms with Crippen molar-refractivity contribution in [1.82, 2.24) is 20.2 Å². The van der Waals surface area contributed by atoms with Crippen LogP contribution in [0.1, 0.15) is 10.4 Å². The van der Waals surface area contributed by atoms with Crippen molar-refractivity contribution in [2.75, 3.05) is 5.32 Å². The van der Waals surface area contributed by atoms with Crippen LogP contribution in [0.3, 0.4) is 0 Å². The number of rotatable bonds is 2. The molecule has 0 atom stereocenters. The first-order chi connectivity index (χ1) is 7.25. The van der Waals surface area contributed by atoms with Crippen LogP contribution >= 0.6 is 11.6 Å². The molecule has 0 unspecified atom stereocenters. The first-order valence-corrected chi connectivity index (χ1v) is 4.42. The third-order valence-corrected chi connectivity index (χ3v) is 1.81. The molecule has 0 bridgehead atoms.